The summed E-state index contributed by atoms with van der Waals surface area (Å²) in [7, 11) is 0. The van der Waals surface area contributed by atoms with Gasteiger partial charge in [0.15, 0.2) is 0 Å². The molecule has 0 aliphatic carbocycles. The third kappa shape index (κ3) is 4.21. The summed E-state index contributed by atoms with van der Waals surface area (Å²) >= 11 is 6.10. The zero-order valence-corrected chi connectivity index (χ0v) is 12.7. The van der Waals surface area contributed by atoms with Gasteiger partial charge >= 0.3 is 0 Å². The Morgan fingerprint density at radius 1 is 1.48 bits per heavy atom. The van der Waals surface area contributed by atoms with Crippen LogP contribution in [-0.2, 0) is 4.74 Å². The Balaban J connectivity index is 2.11. The van der Waals surface area contributed by atoms with Gasteiger partial charge in [-0.15, -0.1) is 0 Å². The summed E-state index contributed by atoms with van der Waals surface area (Å²) in [4.78, 5) is 12.3. The molecule has 1 saturated heterocycles. The Morgan fingerprint density at radius 3 is 2.81 bits per heavy atom. The minimum absolute atomic E-state index is 0.150. The third-order valence-corrected chi connectivity index (χ3v) is 3.86. The van der Waals surface area contributed by atoms with Crippen LogP contribution in [0.25, 0.3) is 0 Å². The number of nitrogens with one attached hydrogen (secondary N) is 1. The van der Waals surface area contributed by atoms with Crippen LogP contribution in [0.15, 0.2) is 18.2 Å². The highest BCUT2D eigenvalue weighted by Crippen LogP contribution is 2.22. The van der Waals surface area contributed by atoms with Crippen molar-refractivity contribution in [3.05, 3.63) is 34.3 Å². The molecule has 0 bridgehead atoms. The van der Waals surface area contributed by atoms with Crippen LogP contribution in [-0.4, -0.2) is 36.4 Å². The van der Waals surface area contributed by atoms with Crippen molar-refractivity contribution in [1.82, 2.24) is 5.32 Å². The number of carbonyl (C=O) groups is 1. The van der Waals surface area contributed by atoms with E-state index in [2.05, 4.69) is 17.2 Å². The van der Waals surface area contributed by atoms with Crippen molar-refractivity contribution in [2.45, 2.75) is 25.3 Å². The summed E-state index contributed by atoms with van der Waals surface area (Å²) in [6.07, 6.45) is 1.60. The number of benzene rings is 1. The first-order valence-electron chi connectivity index (χ1n) is 6.84. The molecule has 1 aliphatic heterocycles. The van der Waals surface area contributed by atoms with E-state index in [4.69, 9.17) is 21.4 Å². The fourth-order valence-corrected chi connectivity index (χ4v) is 2.41. The first kappa shape index (κ1) is 15.8. The molecular formula is C16H18ClNO3. The van der Waals surface area contributed by atoms with Gasteiger partial charge in [0.1, 0.15) is 6.61 Å². The van der Waals surface area contributed by atoms with Gasteiger partial charge in [-0.25, -0.2) is 0 Å². The highest BCUT2D eigenvalue weighted by Gasteiger charge is 2.29. The zero-order chi connectivity index (χ0) is 15.3. The fraction of sp³-hybridized carbons (Fsp3) is 0.438. The Hall–Kier alpha value is -1.54. The molecule has 0 saturated carbocycles. The molecule has 0 aromatic heterocycles. The lowest BCUT2D eigenvalue weighted by atomic mass is 9.92. The van der Waals surface area contributed by atoms with Gasteiger partial charge in [-0.2, -0.15) is 0 Å². The van der Waals surface area contributed by atoms with Gasteiger partial charge < -0.3 is 15.2 Å². The van der Waals surface area contributed by atoms with E-state index in [1.165, 1.54) is 0 Å². The molecule has 2 N–H and O–H groups in total. The monoisotopic (exact) mass is 307 g/mol. The van der Waals surface area contributed by atoms with E-state index >= 15 is 0 Å². The average Bonchev–Trinajstić information content (AvgIpc) is 2.46. The second kappa shape index (κ2) is 6.95. The standard InChI is InChI=1S/C16H18ClNO3/c1-16(6-9-21-10-7-16)18-15(20)13-5-4-12(3-2-8-19)14(17)11-13/h4-5,11,19H,6-10H2,1H3,(H,18,20). The molecule has 0 spiro atoms. The molecule has 112 valence electrons. The van der Waals surface area contributed by atoms with E-state index in [0.717, 1.165) is 12.8 Å². The number of aliphatic hydroxyl groups excluding tert-OH is 1. The maximum absolute atomic E-state index is 12.3. The third-order valence-electron chi connectivity index (χ3n) is 3.55. The highest BCUT2D eigenvalue weighted by molar-refractivity contribution is 6.32. The van der Waals surface area contributed by atoms with E-state index in [9.17, 15) is 4.79 Å². The molecule has 1 aliphatic rings. The summed E-state index contributed by atoms with van der Waals surface area (Å²) in [5.74, 6) is 5.12. The zero-order valence-electron chi connectivity index (χ0n) is 11.9. The minimum Gasteiger partial charge on any atom is -0.384 e. The molecule has 1 fully saturated rings. The summed E-state index contributed by atoms with van der Waals surface area (Å²) in [5.41, 5.74) is 0.860. The van der Waals surface area contributed by atoms with Crippen molar-refractivity contribution < 1.29 is 14.6 Å². The summed E-state index contributed by atoms with van der Waals surface area (Å²) in [5, 5.41) is 12.1. The maximum Gasteiger partial charge on any atom is 0.251 e. The van der Waals surface area contributed by atoms with Crippen LogP contribution >= 0.6 is 11.6 Å². The molecule has 1 amide bonds. The number of hydrogen-bond acceptors (Lipinski definition) is 3. The molecule has 5 heteroatoms. The Bertz CT molecular complexity index is 583. The van der Waals surface area contributed by atoms with E-state index < -0.39 is 0 Å². The lowest BCUT2D eigenvalue weighted by Crippen LogP contribution is -2.49. The van der Waals surface area contributed by atoms with Crippen molar-refractivity contribution in [2.75, 3.05) is 19.8 Å². The molecule has 2 rings (SSSR count). The van der Waals surface area contributed by atoms with E-state index in [0.29, 0.717) is 29.4 Å². The Kier molecular flexibility index (Phi) is 5.24. The second-order valence-electron chi connectivity index (χ2n) is 5.28. The smallest absolute Gasteiger partial charge is 0.251 e. The second-order valence-corrected chi connectivity index (χ2v) is 5.69. The van der Waals surface area contributed by atoms with Crippen LogP contribution in [0, 0.1) is 11.8 Å². The number of halogens is 1. The number of amides is 1. The van der Waals surface area contributed by atoms with Gasteiger partial charge in [0.2, 0.25) is 0 Å². The largest absolute Gasteiger partial charge is 0.384 e. The lowest BCUT2D eigenvalue weighted by Gasteiger charge is -2.34. The lowest BCUT2D eigenvalue weighted by molar-refractivity contribution is 0.0423. The van der Waals surface area contributed by atoms with Gasteiger partial charge in [-0.05, 0) is 38.0 Å². The molecule has 0 atom stereocenters. The first-order valence-corrected chi connectivity index (χ1v) is 7.21. The van der Waals surface area contributed by atoms with Gasteiger partial charge in [-0.3, -0.25) is 4.79 Å². The molecule has 1 aromatic rings. The Labute approximate surface area is 129 Å². The molecule has 1 heterocycles. The normalized spacial score (nSPS) is 16.7. The van der Waals surface area contributed by atoms with E-state index in [1.807, 2.05) is 6.92 Å². The predicted octanol–water partition coefficient (Wildman–Crippen LogP) is 1.98. The van der Waals surface area contributed by atoms with Gasteiger partial charge in [0.05, 0.1) is 5.02 Å². The topological polar surface area (TPSA) is 58.6 Å². The van der Waals surface area contributed by atoms with Crippen molar-refractivity contribution in [3.63, 3.8) is 0 Å². The minimum atomic E-state index is -0.239. The van der Waals surface area contributed by atoms with Crippen LogP contribution in [0.4, 0.5) is 0 Å². The SMILES string of the molecule is CC1(NC(=O)c2ccc(C#CCO)c(Cl)c2)CCOCC1. The quantitative estimate of drug-likeness (QED) is 0.822. The first-order chi connectivity index (χ1) is 10.0. The molecule has 4 nitrogen and oxygen atoms in total. The van der Waals surface area contributed by atoms with Crippen LogP contribution in [0.2, 0.25) is 5.02 Å². The number of rotatable bonds is 2. The summed E-state index contributed by atoms with van der Waals surface area (Å²) in [6, 6.07) is 4.97. The van der Waals surface area contributed by atoms with Gasteiger partial charge in [-0.1, -0.05) is 23.4 Å². The number of hydrogen-bond donors (Lipinski definition) is 2. The summed E-state index contributed by atoms with van der Waals surface area (Å²) < 4.78 is 5.32. The maximum atomic E-state index is 12.3. The van der Waals surface area contributed by atoms with E-state index in [-0.39, 0.29) is 18.1 Å². The Morgan fingerprint density at radius 2 is 2.19 bits per heavy atom. The van der Waals surface area contributed by atoms with Gasteiger partial charge in [0, 0.05) is 29.9 Å². The summed E-state index contributed by atoms with van der Waals surface area (Å²) in [6.45, 7) is 3.12. The molecule has 0 unspecified atom stereocenters. The van der Waals surface area contributed by atoms with Crippen LogP contribution in [0.5, 0.6) is 0 Å². The van der Waals surface area contributed by atoms with Crippen LogP contribution < -0.4 is 5.32 Å². The van der Waals surface area contributed by atoms with Gasteiger partial charge in [0.25, 0.3) is 5.91 Å². The van der Waals surface area contributed by atoms with E-state index in [1.54, 1.807) is 18.2 Å². The molecule has 1 aromatic carbocycles. The molecule has 21 heavy (non-hydrogen) atoms. The molecule has 0 radical (unpaired) electrons. The fourth-order valence-electron chi connectivity index (χ4n) is 2.19. The average molecular weight is 308 g/mol. The number of aliphatic hydroxyl groups is 1. The van der Waals surface area contributed by atoms with Crippen LogP contribution in [0.3, 0.4) is 0 Å². The van der Waals surface area contributed by atoms with Crippen molar-refractivity contribution in [1.29, 1.82) is 0 Å². The molecular weight excluding hydrogens is 290 g/mol. The number of ether oxygens (including phenoxy) is 1. The van der Waals surface area contributed by atoms with Crippen molar-refractivity contribution >= 4 is 17.5 Å². The number of carbonyl (C=O) groups excluding carboxylic acids is 1. The highest BCUT2D eigenvalue weighted by atomic mass is 35.5. The predicted molar refractivity (Wildman–Crippen MR) is 81.3 cm³/mol. The van der Waals surface area contributed by atoms with Crippen molar-refractivity contribution in [2.24, 2.45) is 0 Å². The van der Waals surface area contributed by atoms with Crippen LogP contribution in [0.1, 0.15) is 35.7 Å². The van der Waals surface area contributed by atoms with Crippen molar-refractivity contribution in [3.8, 4) is 11.8 Å².